The highest BCUT2D eigenvalue weighted by molar-refractivity contribution is 5.97. The lowest BCUT2D eigenvalue weighted by Crippen LogP contribution is -2.34. The van der Waals surface area contributed by atoms with E-state index in [9.17, 15) is 9.59 Å². The second kappa shape index (κ2) is 5.40. The predicted molar refractivity (Wildman–Crippen MR) is 72.6 cm³/mol. The standard InChI is InChI=1S/C14H19N3O2/c1-9-6-10(7-15)8-17(9)14(19)12-4-2-11(3-5-12)13(16)18/h2-5,9-10H,6-8,15H2,1H3,(H2,16,18). The van der Waals surface area contributed by atoms with Crippen molar-refractivity contribution in [1.82, 2.24) is 4.90 Å². The van der Waals surface area contributed by atoms with Crippen LogP contribution < -0.4 is 11.5 Å². The molecule has 1 heterocycles. The van der Waals surface area contributed by atoms with Crippen LogP contribution >= 0.6 is 0 Å². The van der Waals surface area contributed by atoms with E-state index in [-0.39, 0.29) is 11.9 Å². The second-order valence-corrected chi connectivity index (χ2v) is 5.09. The van der Waals surface area contributed by atoms with Crippen molar-refractivity contribution >= 4 is 11.8 Å². The monoisotopic (exact) mass is 261 g/mol. The van der Waals surface area contributed by atoms with Gasteiger partial charge in [-0.1, -0.05) is 0 Å². The zero-order valence-corrected chi connectivity index (χ0v) is 11.0. The molecular formula is C14H19N3O2. The van der Waals surface area contributed by atoms with Crippen molar-refractivity contribution in [1.29, 1.82) is 0 Å². The van der Waals surface area contributed by atoms with E-state index in [1.165, 1.54) is 0 Å². The van der Waals surface area contributed by atoms with Crippen LogP contribution in [0.15, 0.2) is 24.3 Å². The van der Waals surface area contributed by atoms with Gasteiger partial charge in [0.1, 0.15) is 0 Å². The van der Waals surface area contributed by atoms with E-state index < -0.39 is 5.91 Å². The Hall–Kier alpha value is -1.88. The lowest BCUT2D eigenvalue weighted by atomic mass is 10.1. The Morgan fingerprint density at radius 2 is 1.84 bits per heavy atom. The van der Waals surface area contributed by atoms with Gasteiger partial charge in [-0.3, -0.25) is 9.59 Å². The number of hydrogen-bond donors (Lipinski definition) is 2. The Kier molecular flexibility index (Phi) is 3.85. The summed E-state index contributed by atoms with van der Waals surface area (Å²) in [4.78, 5) is 25.2. The summed E-state index contributed by atoms with van der Waals surface area (Å²) in [7, 11) is 0. The number of primary amides is 1. The van der Waals surface area contributed by atoms with E-state index in [2.05, 4.69) is 0 Å². The first kappa shape index (κ1) is 13.5. The van der Waals surface area contributed by atoms with Gasteiger partial charge in [0.05, 0.1) is 0 Å². The van der Waals surface area contributed by atoms with Gasteiger partial charge in [-0.15, -0.1) is 0 Å². The summed E-state index contributed by atoms with van der Waals surface area (Å²) in [5.74, 6) is -0.125. The van der Waals surface area contributed by atoms with Crippen LogP contribution in [0.1, 0.15) is 34.1 Å². The summed E-state index contributed by atoms with van der Waals surface area (Å²) >= 11 is 0. The van der Waals surface area contributed by atoms with Gasteiger partial charge in [0.2, 0.25) is 5.91 Å². The molecule has 4 N–H and O–H groups in total. The predicted octanol–water partition coefficient (Wildman–Crippen LogP) is 0.595. The van der Waals surface area contributed by atoms with Crippen molar-refractivity contribution in [2.75, 3.05) is 13.1 Å². The molecule has 1 aliphatic rings. The number of carbonyl (C=O) groups is 2. The van der Waals surface area contributed by atoms with Crippen molar-refractivity contribution in [3.63, 3.8) is 0 Å². The minimum atomic E-state index is -0.489. The SMILES string of the molecule is CC1CC(CN)CN1C(=O)c1ccc(C(N)=O)cc1. The average molecular weight is 261 g/mol. The molecule has 1 aliphatic heterocycles. The Morgan fingerprint density at radius 3 is 2.32 bits per heavy atom. The Labute approximate surface area is 112 Å². The fraction of sp³-hybridized carbons (Fsp3) is 0.429. The summed E-state index contributed by atoms with van der Waals surface area (Å²) in [5, 5.41) is 0. The van der Waals surface area contributed by atoms with Gasteiger partial charge in [-0.2, -0.15) is 0 Å². The molecule has 1 aromatic carbocycles. The number of hydrogen-bond acceptors (Lipinski definition) is 3. The number of rotatable bonds is 3. The number of nitrogens with two attached hydrogens (primary N) is 2. The van der Waals surface area contributed by atoms with E-state index >= 15 is 0 Å². The highest BCUT2D eigenvalue weighted by Crippen LogP contribution is 2.24. The molecule has 19 heavy (non-hydrogen) atoms. The minimum Gasteiger partial charge on any atom is -0.366 e. The fourth-order valence-electron chi connectivity index (χ4n) is 2.54. The molecule has 2 atom stereocenters. The molecule has 2 rings (SSSR count). The zero-order valence-electron chi connectivity index (χ0n) is 11.0. The number of amides is 2. The molecule has 0 saturated carbocycles. The van der Waals surface area contributed by atoms with E-state index in [1.54, 1.807) is 24.3 Å². The van der Waals surface area contributed by atoms with Crippen molar-refractivity contribution in [2.45, 2.75) is 19.4 Å². The molecule has 0 aromatic heterocycles. The van der Waals surface area contributed by atoms with Crippen molar-refractivity contribution in [2.24, 2.45) is 17.4 Å². The largest absolute Gasteiger partial charge is 0.366 e. The number of benzene rings is 1. The average Bonchev–Trinajstić information content (AvgIpc) is 2.79. The normalized spacial score (nSPS) is 22.5. The van der Waals surface area contributed by atoms with Crippen LogP contribution in [0.5, 0.6) is 0 Å². The van der Waals surface area contributed by atoms with Crippen molar-refractivity contribution in [3.05, 3.63) is 35.4 Å². The van der Waals surface area contributed by atoms with Gasteiger partial charge in [-0.25, -0.2) is 0 Å². The topological polar surface area (TPSA) is 89.4 Å². The highest BCUT2D eigenvalue weighted by Gasteiger charge is 2.31. The lowest BCUT2D eigenvalue weighted by Gasteiger charge is -2.21. The minimum absolute atomic E-state index is 0.0144. The number of carbonyl (C=O) groups excluding carboxylic acids is 2. The molecule has 102 valence electrons. The maximum absolute atomic E-state index is 12.4. The van der Waals surface area contributed by atoms with Gasteiger partial charge in [0, 0.05) is 23.7 Å². The molecular weight excluding hydrogens is 242 g/mol. The van der Waals surface area contributed by atoms with E-state index in [0.29, 0.717) is 30.1 Å². The molecule has 0 spiro atoms. The fourth-order valence-corrected chi connectivity index (χ4v) is 2.54. The van der Waals surface area contributed by atoms with Crippen LogP contribution in [0, 0.1) is 5.92 Å². The van der Waals surface area contributed by atoms with E-state index in [4.69, 9.17) is 11.5 Å². The Balaban J connectivity index is 2.13. The molecule has 5 nitrogen and oxygen atoms in total. The van der Waals surface area contributed by atoms with Crippen LogP contribution in [-0.2, 0) is 0 Å². The Bertz CT molecular complexity index is 484. The van der Waals surface area contributed by atoms with E-state index in [1.807, 2.05) is 11.8 Å². The molecule has 1 saturated heterocycles. The molecule has 2 amide bonds. The van der Waals surface area contributed by atoms with Gasteiger partial charge in [0.25, 0.3) is 5.91 Å². The van der Waals surface area contributed by atoms with Gasteiger partial charge in [-0.05, 0) is 50.1 Å². The molecule has 1 aromatic rings. The maximum Gasteiger partial charge on any atom is 0.254 e. The smallest absolute Gasteiger partial charge is 0.254 e. The van der Waals surface area contributed by atoms with E-state index in [0.717, 1.165) is 6.42 Å². The van der Waals surface area contributed by atoms with Crippen molar-refractivity contribution in [3.8, 4) is 0 Å². The highest BCUT2D eigenvalue weighted by atomic mass is 16.2. The third kappa shape index (κ3) is 2.76. The second-order valence-electron chi connectivity index (χ2n) is 5.09. The summed E-state index contributed by atoms with van der Waals surface area (Å²) in [6.45, 7) is 3.34. The number of likely N-dealkylation sites (tertiary alicyclic amines) is 1. The molecule has 0 radical (unpaired) electrons. The Morgan fingerprint density at radius 1 is 1.26 bits per heavy atom. The molecule has 2 unspecified atom stereocenters. The van der Waals surface area contributed by atoms with Crippen LogP contribution in [0.3, 0.4) is 0 Å². The van der Waals surface area contributed by atoms with Crippen LogP contribution in [-0.4, -0.2) is 35.8 Å². The first-order valence-corrected chi connectivity index (χ1v) is 6.43. The van der Waals surface area contributed by atoms with Gasteiger partial charge >= 0.3 is 0 Å². The number of nitrogens with zero attached hydrogens (tertiary/aromatic N) is 1. The zero-order chi connectivity index (χ0) is 14.0. The lowest BCUT2D eigenvalue weighted by molar-refractivity contribution is 0.0743. The summed E-state index contributed by atoms with van der Waals surface area (Å²) < 4.78 is 0. The van der Waals surface area contributed by atoms with Crippen LogP contribution in [0.25, 0.3) is 0 Å². The van der Waals surface area contributed by atoms with Crippen LogP contribution in [0.2, 0.25) is 0 Å². The maximum atomic E-state index is 12.4. The molecule has 5 heteroatoms. The third-order valence-electron chi connectivity index (χ3n) is 3.67. The van der Waals surface area contributed by atoms with Gasteiger partial charge < -0.3 is 16.4 Å². The van der Waals surface area contributed by atoms with Crippen molar-refractivity contribution < 1.29 is 9.59 Å². The summed E-state index contributed by atoms with van der Waals surface area (Å²) in [6, 6.07) is 6.65. The molecule has 0 bridgehead atoms. The first-order valence-electron chi connectivity index (χ1n) is 6.43. The molecule has 1 fully saturated rings. The quantitative estimate of drug-likeness (QED) is 0.834. The van der Waals surface area contributed by atoms with Gasteiger partial charge in [0.15, 0.2) is 0 Å². The summed E-state index contributed by atoms with van der Waals surface area (Å²) in [6.07, 6.45) is 0.946. The third-order valence-corrected chi connectivity index (χ3v) is 3.67. The summed E-state index contributed by atoms with van der Waals surface area (Å²) in [5.41, 5.74) is 11.8. The molecule has 0 aliphatic carbocycles. The van der Waals surface area contributed by atoms with Crippen LogP contribution in [0.4, 0.5) is 0 Å². The first-order chi connectivity index (χ1) is 9.02.